The average molecular weight is 269 g/mol. The van der Waals surface area contributed by atoms with E-state index in [-0.39, 0.29) is 5.97 Å². The third-order valence-electron chi connectivity index (χ3n) is 3.18. The molecule has 0 aliphatic carbocycles. The molecule has 0 rings (SSSR count). The molecule has 0 amide bonds. The van der Waals surface area contributed by atoms with Crippen molar-refractivity contribution in [1.29, 1.82) is 0 Å². The maximum atomic E-state index is 11.8. The Bertz CT molecular complexity index is 253. The van der Waals surface area contributed by atoms with Gasteiger partial charge in [-0.15, -0.1) is 0 Å². The molecule has 0 radical (unpaired) electrons. The molecule has 0 aromatic heterocycles. The van der Waals surface area contributed by atoms with Gasteiger partial charge in [0.1, 0.15) is 0 Å². The van der Waals surface area contributed by atoms with Crippen molar-refractivity contribution < 1.29 is 9.53 Å². The maximum absolute atomic E-state index is 11.8. The Kier molecular flexibility index (Phi) is 11.4. The second-order valence-electron chi connectivity index (χ2n) is 4.99. The Morgan fingerprint density at radius 2 is 1.53 bits per heavy atom. The molecule has 3 heteroatoms. The second kappa shape index (κ2) is 12.1. The fourth-order valence-corrected chi connectivity index (χ4v) is 1.90. The summed E-state index contributed by atoms with van der Waals surface area (Å²) in [6.07, 6.45) is 9.68. The average Bonchev–Trinajstić information content (AvgIpc) is 2.44. The molecular weight excluding hydrogens is 238 g/mol. The van der Waals surface area contributed by atoms with Crippen molar-refractivity contribution in [3.8, 4) is 0 Å². The van der Waals surface area contributed by atoms with Crippen LogP contribution in [0.5, 0.6) is 0 Å². The lowest BCUT2D eigenvalue weighted by molar-refractivity contribution is -0.136. The maximum Gasteiger partial charge on any atom is 0.335 e. The Labute approximate surface area is 119 Å². The van der Waals surface area contributed by atoms with E-state index in [1.807, 2.05) is 6.20 Å². The van der Waals surface area contributed by atoms with Crippen LogP contribution in [0.4, 0.5) is 0 Å². The fourth-order valence-electron chi connectivity index (χ4n) is 1.90. The minimum absolute atomic E-state index is 0.175. The SMILES string of the molecule is CCCCC(=CN(CCCC)CCCC)C(=O)OC. The van der Waals surface area contributed by atoms with Crippen LogP contribution in [-0.2, 0) is 9.53 Å². The highest BCUT2D eigenvalue weighted by Crippen LogP contribution is 2.12. The van der Waals surface area contributed by atoms with E-state index in [4.69, 9.17) is 4.74 Å². The largest absolute Gasteiger partial charge is 0.466 e. The summed E-state index contributed by atoms with van der Waals surface area (Å²) in [5.41, 5.74) is 0.816. The number of methoxy groups -OCH3 is 1. The molecule has 0 heterocycles. The number of hydrogen-bond donors (Lipinski definition) is 0. The van der Waals surface area contributed by atoms with E-state index in [0.29, 0.717) is 0 Å². The molecule has 0 fully saturated rings. The van der Waals surface area contributed by atoms with Gasteiger partial charge in [0.15, 0.2) is 0 Å². The highest BCUT2D eigenvalue weighted by Gasteiger charge is 2.11. The Morgan fingerprint density at radius 1 is 1.00 bits per heavy atom. The number of carbonyl (C=O) groups is 1. The minimum Gasteiger partial charge on any atom is -0.466 e. The van der Waals surface area contributed by atoms with Crippen LogP contribution >= 0.6 is 0 Å². The van der Waals surface area contributed by atoms with E-state index in [1.54, 1.807) is 0 Å². The normalized spacial score (nSPS) is 11.5. The van der Waals surface area contributed by atoms with Gasteiger partial charge in [0.25, 0.3) is 0 Å². The molecule has 19 heavy (non-hydrogen) atoms. The van der Waals surface area contributed by atoms with Crippen molar-refractivity contribution in [2.45, 2.75) is 65.7 Å². The van der Waals surface area contributed by atoms with Crippen molar-refractivity contribution >= 4 is 5.97 Å². The Balaban J connectivity index is 4.68. The quantitative estimate of drug-likeness (QED) is 0.417. The number of rotatable bonds is 11. The van der Waals surface area contributed by atoms with Crippen molar-refractivity contribution in [2.75, 3.05) is 20.2 Å². The van der Waals surface area contributed by atoms with Gasteiger partial charge in [-0.2, -0.15) is 0 Å². The molecule has 0 aromatic carbocycles. The lowest BCUT2D eigenvalue weighted by Crippen LogP contribution is -2.22. The van der Waals surface area contributed by atoms with Crippen molar-refractivity contribution in [2.24, 2.45) is 0 Å². The number of unbranched alkanes of at least 4 members (excludes halogenated alkanes) is 3. The first-order valence-corrected chi connectivity index (χ1v) is 7.72. The standard InChI is InChI=1S/C16H31NO2/c1-5-8-11-15(16(18)19-4)14-17(12-9-6-2)13-10-7-3/h14H,5-13H2,1-4H3. The lowest BCUT2D eigenvalue weighted by Gasteiger charge is -2.21. The predicted molar refractivity (Wildman–Crippen MR) is 81.0 cm³/mol. The molecule has 0 aromatic rings. The van der Waals surface area contributed by atoms with Gasteiger partial charge in [-0.3, -0.25) is 0 Å². The molecule has 0 bridgehead atoms. The molecule has 0 saturated heterocycles. The number of carbonyl (C=O) groups excluding carboxylic acids is 1. The molecule has 112 valence electrons. The monoisotopic (exact) mass is 269 g/mol. The van der Waals surface area contributed by atoms with Gasteiger partial charge in [0.05, 0.1) is 12.7 Å². The van der Waals surface area contributed by atoms with E-state index >= 15 is 0 Å². The summed E-state index contributed by atoms with van der Waals surface area (Å²) in [6.45, 7) is 8.59. The molecular formula is C16H31NO2. The van der Waals surface area contributed by atoms with Gasteiger partial charge in [0.2, 0.25) is 0 Å². The first kappa shape index (κ1) is 18.0. The molecule has 0 aliphatic rings. The van der Waals surface area contributed by atoms with Gasteiger partial charge in [-0.1, -0.05) is 40.0 Å². The van der Waals surface area contributed by atoms with Gasteiger partial charge in [-0.25, -0.2) is 4.79 Å². The van der Waals surface area contributed by atoms with Crippen LogP contribution < -0.4 is 0 Å². The molecule has 0 atom stereocenters. The van der Waals surface area contributed by atoms with E-state index in [1.165, 1.54) is 32.8 Å². The zero-order valence-electron chi connectivity index (χ0n) is 13.2. The smallest absolute Gasteiger partial charge is 0.335 e. The predicted octanol–water partition coefficient (Wildman–Crippen LogP) is 4.14. The topological polar surface area (TPSA) is 29.5 Å². The van der Waals surface area contributed by atoms with Crippen LogP contribution in [0.2, 0.25) is 0 Å². The highest BCUT2D eigenvalue weighted by molar-refractivity contribution is 5.88. The van der Waals surface area contributed by atoms with Gasteiger partial charge in [-0.05, 0) is 25.7 Å². The van der Waals surface area contributed by atoms with Crippen molar-refractivity contribution in [1.82, 2.24) is 4.90 Å². The van der Waals surface area contributed by atoms with Crippen LogP contribution in [0.1, 0.15) is 65.7 Å². The van der Waals surface area contributed by atoms with Crippen LogP contribution in [0.3, 0.4) is 0 Å². The number of nitrogens with zero attached hydrogens (tertiary/aromatic N) is 1. The number of esters is 1. The summed E-state index contributed by atoms with van der Waals surface area (Å²) in [7, 11) is 1.46. The van der Waals surface area contributed by atoms with Crippen LogP contribution in [-0.4, -0.2) is 31.1 Å². The van der Waals surface area contributed by atoms with E-state index in [9.17, 15) is 4.79 Å². The summed E-state index contributed by atoms with van der Waals surface area (Å²) in [6, 6.07) is 0. The van der Waals surface area contributed by atoms with Gasteiger partial charge in [0, 0.05) is 19.3 Å². The Morgan fingerprint density at radius 3 is 1.95 bits per heavy atom. The first-order chi connectivity index (χ1) is 9.19. The molecule has 0 unspecified atom stereocenters. The van der Waals surface area contributed by atoms with E-state index in [2.05, 4.69) is 25.7 Å². The number of hydrogen-bond acceptors (Lipinski definition) is 3. The zero-order valence-corrected chi connectivity index (χ0v) is 13.2. The van der Waals surface area contributed by atoms with Crippen molar-refractivity contribution in [3.63, 3.8) is 0 Å². The van der Waals surface area contributed by atoms with Gasteiger partial charge >= 0.3 is 5.97 Å². The summed E-state index contributed by atoms with van der Waals surface area (Å²) in [4.78, 5) is 14.1. The third-order valence-corrected chi connectivity index (χ3v) is 3.18. The fraction of sp³-hybridized carbons (Fsp3) is 0.812. The molecule has 0 N–H and O–H groups in total. The summed E-state index contributed by atoms with van der Waals surface area (Å²) < 4.78 is 4.89. The molecule has 3 nitrogen and oxygen atoms in total. The van der Waals surface area contributed by atoms with E-state index < -0.39 is 0 Å². The first-order valence-electron chi connectivity index (χ1n) is 7.72. The summed E-state index contributed by atoms with van der Waals surface area (Å²) >= 11 is 0. The Hall–Kier alpha value is -0.990. The van der Waals surface area contributed by atoms with Crippen LogP contribution in [0.25, 0.3) is 0 Å². The molecule has 0 aliphatic heterocycles. The van der Waals surface area contributed by atoms with Gasteiger partial charge < -0.3 is 9.64 Å². The van der Waals surface area contributed by atoms with Crippen LogP contribution in [0, 0.1) is 0 Å². The van der Waals surface area contributed by atoms with Crippen LogP contribution in [0.15, 0.2) is 11.8 Å². The lowest BCUT2D eigenvalue weighted by atomic mass is 10.1. The molecule has 0 spiro atoms. The molecule has 0 saturated carbocycles. The minimum atomic E-state index is -0.175. The zero-order chi connectivity index (χ0) is 14.5. The van der Waals surface area contributed by atoms with E-state index in [0.717, 1.165) is 37.9 Å². The summed E-state index contributed by atoms with van der Waals surface area (Å²) in [5, 5.41) is 0. The van der Waals surface area contributed by atoms with Crippen molar-refractivity contribution in [3.05, 3.63) is 11.8 Å². The second-order valence-corrected chi connectivity index (χ2v) is 4.99. The third kappa shape index (κ3) is 8.68. The summed E-state index contributed by atoms with van der Waals surface area (Å²) in [5.74, 6) is -0.175. The number of ether oxygens (including phenoxy) is 1. The highest BCUT2D eigenvalue weighted by atomic mass is 16.5.